The van der Waals surface area contributed by atoms with E-state index in [2.05, 4.69) is 10.4 Å². The smallest absolute Gasteiger partial charge is 0.437 e. The summed E-state index contributed by atoms with van der Waals surface area (Å²) in [4.78, 5) is 34.1. The van der Waals surface area contributed by atoms with Crippen molar-refractivity contribution in [1.82, 2.24) is 9.78 Å². The molecule has 0 radical (unpaired) electrons. The third kappa shape index (κ3) is 3.45. The van der Waals surface area contributed by atoms with Crippen molar-refractivity contribution in [3.8, 4) is 17.4 Å². The van der Waals surface area contributed by atoms with Crippen LogP contribution in [0.25, 0.3) is 11.7 Å². The lowest BCUT2D eigenvalue weighted by atomic mass is 10.2. The third-order valence-corrected chi connectivity index (χ3v) is 3.30. The normalized spacial score (nSPS) is 10.5. The van der Waals surface area contributed by atoms with Crippen molar-refractivity contribution >= 4 is 17.3 Å². The highest BCUT2D eigenvalue weighted by molar-refractivity contribution is 5.92. The lowest BCUT2D eigenvalue weighted by Gasteiger charge is -2.09. The molecule has 26 heavy (non-hydrogen) atoms. The van der Waals surface area contributed by atoms with Gasteiger partial charge in [0, 0.05) is 6.07 Å². The molecule has 2 heterocycles. The molecule has 0 unspecified atom stereocenters. The number of carbonyl (C=O) groups excluding carboxylic acids is 1. The zero-order chi connectivity index (χ0) is 18.7. The Morgan fingerprint density at radius 1 is 1.42 bits per heavy atom. The molecule has 1 amide bonds. The second kappa shape index (κ2) is 6.93. The van der Waals surface area contributed by atoms with E-state index in [4.69, 9.17) is 13.6 Å². The Bertz CT molecular complexity index is 1000. The number of rotatable bonds is 6. The number of aromatic nitrogens is 2. The molecule has 11 nitrogen and oxygen atoms in total. The maximum Gasteiger partial charge on any atom is 0.437 e. The summed E-state index contributed by atoms with van der Waals surface area (Å²) < 4.78 is 15.8. The largest absolute Gasteiger partial charge is 0.494 e. The van der Waals surface area contributed by atoms with Gasteiger partial charge in [-0.2, -0.15) is 4.68 Å². The molecule has 134 valence electrons. The fourth-order valence-electron chi connectivity index (χ4n) is 2.13. The first-order chi connectivity index (χ1) is 12.5. The van der Waals surface area contributed by atoms with Crippen LogP contribution < -0.4 is 15.8 Å². The minimum Gasteiger partial charge on any atom is -0.494 e. The number of hydrogen-bond donors (Lipinski definition) is 1. The van der Waals surface area contributed by atoms with Gasteiger partial charge in [-0.05, 0) is 18.2 Å². The van der Waals surface area contributed by atoms with E-state index in [-0.39, 0.29) is 28.8 Å². The van der Waals surface area contributed by atoms with Gasteiger partial charge in [-0.3, -0.25) is 14.9 Å². The van der Waals surface area contributed by atoms with Crippen molar-refractivity contribution in [3.63, 3.8) is 0 Å². The van der Waals surface area contributed by atoms with Crippen LogP contribution in [0.15, 0.2) is 50.2 Å². The number of non-ortho nitro benzene ring substituents is 1. The monoisotopic (exact) mass is 360 g/mol. The average molecular weight is 360 g/mol. The summed E-state index contributed by atoms with van der Waals surface area (Å²) in [6, 6.07) is 6.87. The summed E-state index contributed by atoms with van der Waals surface area (Å²) >= 11 is 0. The third-order valence-electron chi connectivity index (χ3n) is 3.30. The van der Waals surface area contributed by atoms with Crippen LogP contribution in [-0.4, -0.2) is 27.7 Å². The number of hydrogen-bond acceptors (Lipinski definition) is 8. The number of methoxy groups -OCH3 is 1. The molecule has 0 aliphatic heterocycles. The van der Waals surface area contributed by atoms with E-state index < -0.39 is 23.1 Å². The Morgan fingerprint density at radius 2 is 2.23 bits per heavy atom. The fourth-order valence-corrected chi connectivity index (χ4v) is 2.13. The molecule has 0 aliphatic carbocycles. The number of ether oxygens (including phenoxy) is 1. The van der Waals surface area contributed by atoms with Crippen LogP contribution >= 0.6 is 0 Å². The van der Waals surface area contributed by atoms with Crippen LogP contribution in [0.2, 0.25) is 0 Å². The van der Waals surface area contributed by atoms with Crippen molar-refractivity contribution in [2.75, 3.05) is 12.4 Å². The van der Waals surface area contributed by atoms with Crippen LogP contribution in [-0.2, 0) is 11.3 Å². The van der Waals surface area contributed by atoms with Gasteiger partial charge in [0.05, 0.1) is 30.1 Å². The Labute approximate surface area is 144 Å². The predicted molar refractivity (Wildman–Crippen MR) is 86.7 cm³/mol. The number of furan rings is 1. The zero-order valence-electron chi connectivity index (χ0n) is 13.4. The minimum atomic E-state index is -0.831. The van der Waals surface area contributed by atoms with Crippen molar-refractivity contribution < 1.29 is 23.3 Å². The lowest BCUT2D eigenvalue weighted by molar-refractivity contribution is -0.384. The summed E-state index contributed by atoms with van der Waals surface area (Å²) in [7, 11) is 1.31. The second-order valence-electron chi connectivity index (χ2n) is 5.00. The quantitative estimate of drug-likeness (QED) is 0.516. The van der Waals surface area contributed by atoms with E-state index >= 15 is 0 Å². The molecule has 1 N–H and O–H groups in total. The summed E-state index contributed by atoms with van der Waals surface area (Å²) in [6.45, 7) is -0.427. The number of amides is 1. The van der Waals surface area contributed by atoms with Crippen molar-refractivity contribution in [2.45, 2.75) is 6.54 Å². The summed E-state index contributed by atoms with van der Waals surface area (Å²) in [5.41, 5.74) is 0.0292. The Balaban J connectivity index is 1.75. The maximum absolute atomic E-state index is 12.2. The Kier molecular flexibility index (Phi) is 4.51. The van der Waals surface area contributed by atoms with E-state index in [0.717, 1.165) is 4.68 Å². The maximum atomic E-state index is 12.2. The molecule has 0 spiro atoms. The number of benzene rings is 1. The SMILES string of the molecule is COc1cc([N+](=O)[O-])ccc1NC(=O)Cn1nc(-c2ccco2)oc1=O. The van der Waals surface area contributed by atoms with Crippen LogP contribution in [0, 0.1) is 10.1 Å². The van der Waals surface area contributed by atoms with Crippen LogP contribution in [0.5, 0.6) is 5.75 Å². The summed E-state index contributed by atoms with van der Waals surface area (Å²) in [6.07, 6.45) is 1.39. The summed E-state index contributed by atoms with van der Waals surface area (Å²) in [5.74, 6) is -1.13. The Morgan fingerprint density at radius 3 is 2.88 bits per heavy atom. The topological polar surface area (TPSA) is 143 Å². The van der Waals surface area contributed by atoms with Gasteiger partial charge in [0.2, 0.25) is 5.91 Å². The van der Waals surface area contributed by atoms with Gasteiger partial charge in [0.15, 0.2) is 5.76 Å². The molecular weight excluding hydrogens is 348 g/mol. The number of nitro benzene ring substituents is 1. The average Bonchev–Trinajstić information content (AvgIpc) is 3.25. The molecule has 3 rings (SSSR count). The molecule has 3 aromatic rings. The highest BCUT2D eigenvalue weighted by Crippen LogP contribution is 2.28. The molecule has 1 aromatic carbocycles. The predicted octanol–water partition coefficient (Wildman–Crippen LogP) is 1.65. The number of anilines is 1. The molecular formula is C15H12N4O7. The van der Waals surface area contributed by atoms with Crippen molar-refractivity contribution in [2.24, 2.45) is 0 Å². The first kappa shape index (κ1) is 17.0. The van der Waals surface area contributed by atoms with E-state index in [0.29, 0.717) is 0 Å². The first-order valence-electron chi connectivity index (χ1n) is 7.22. The van der Waals surface area contributed by atoms with E-state index in [1.54, 1.807) is 12.1 Å². The summed E-state index contributed by atoms with van der Waals surface area (Å²) in [5, 5.41) is 17.2. The molecule has 11 heteroatoms. The van der Waals surface area contributed by atoms with Gasteiger partial charge < -0.3 is 18.9 Å². The van der Waals surface area contributed by atoms with Gasteiger partial charge in [0.25, 0.3) is 11.6 Å². The molecule has 0 bridgehead atoms. The Hall–Kier alpha value is -3.89. The van der Waals surface area contributed by atoms with Crippen molar-refractivity contribution in [1.29, 1.82) is 0 Å². The van der Waals surface area contributed by atoms with Crippen LogP contribution in [0.4, 0.5) is 11.4 Å². The minimum absolute atomic E-state index is 0.0549. The zero-order valence-corrected chi connectivity index (χ0v) is 13.4. The number of nitrogens with one attached hydrogen (secondary N) is 1. The number of carbonyl (C=O) groups is 1. The lowest BCUT2D eigenvalue weighted by Crippen LogP contribution is -2.26. The van der Waals surface area contributed by atoms with Crippen LogP contribution in [0.1, 0.15) is 0 Å². The number of nitro groups is 1. The molecule has 2 aromatic heterocycles. The molecule has 0 saturated heterocycles. The number of nitrogens with zero attached hydrogens (tertiary/aromatic N) is 3. The van der Waals surface area contributed by atoms with Gasteiger partial charge in [-0.15, -0.1) is 5.10 Å². The standard InChI is InChI=1S/C15H12N4O7/c1-24-12-7-9(19(22)23)4-5-10(12)16-13(20)8-18-15(21)26-14(17-18)11-3-2-6-25-11/h2-7H,8H2,1H3,(H,16,20). The van der Waals surface area contributed by atoms with E-state index in [1.807, 2.05) is 0 Å². The highest BCUT2D eigenvalue weighted by atomic mass is 16.6. The van der Waals surface area contributed by atoms with Crippen LogP contribution in [0.3, 0.4) is 0 Å². The van der Waals surface area contributed by atoms with E-state index in [1.165, 1.54) is 31.6 Å². The second-order valence-corrected chi connectivity index (χ2v) is 5.00. The first-order valence-corrected chi connectivity index (χ1v) is 7.22. The van der Waals surface area contributed by atoms with Gasteiger partial charge in [0.1, 0.15) is 12.3 Å². The van der Waals surface area contributed by atoms with Gasteiger partial charge in [-0.1, -0.05) is 0 Å². The molecule has 0 aliphatic rings. The molecule has 0 atom stereocenters. The van der Waals surface area contributed by atoms with Gasteiger partial charge in [-0.25, -0.2) is 4.79 Å². The van der Waals surface area contributed by atoms with Crippen molar-refractivity contribution in [3.05, 3.63) is 57.3 Å². The molecule has 0 saturated carbocycles. The fraction of sp³-hybridized carbons (Fsp3) is 0.133. The highest BCUT2D eigenvalue weighted by Gasteiger charge is 2.17. The van der Waals surface area contributed by atoms with Gasteiger partial charge >= 0.3 is 5.76 Å². The van der Waals surface area contributed by atoms with E-state index in [9.17, 15) is 19.7 Å². The molecule has 0 fully saturated rings.